The molecule has 0 aromatic carbocycles. The normalized spacial score (nSPS) is 22.7. The highest BCUT2D eigenvalue weighted by atomic mass is 16.2. The molecule has 2 rings (SSSR count). The second-order valence-corrected chi connectivity index (χ2v) is 4.60. The molecule has 7 heteroatoms. The SMILES string of the molecule is CC1CNCC(C)N1C(=O)Nc1ncc(C#N)cn1. The molecule has 1 saturated heterocycles. The molecule has 2 heterocycles. The van der Waals surface area contributed by atoms with Gasteiger partial charge in [-0.05, 0) is 13.8 Å². The summed E-state index contributed by atoms with van der Waals surface area (Å²) in [5.74, 6) is 0.210. The summed E-state index contributed by atoms with van der Waals surface area (Å²) in [7, 11) is 0. The molecule has 100 valence electrons. The number of aromatic nitrogens is 2. The van der Waals surface area contributed by atoms with Crippen molar-refractivity contribution in [3.05, 3.63) is 18.0 Å². The zero-order chi connectivity index (χ0) is 13.8. The largest absolute Gasteiger partial charge is 0.324 e. The Balaban J connectivity index is 2.05. The summed E-state index contributed by atoms with van der Waals surface area (Å²) in [6.07, 6.45) is 2.76. The molecule has 2 unspecified atom stereocenters. The van der Waals surface area contributed by atoms with Crippen LogP contribution in [0, 0.1) is 11.3 Å². The van der Waals surface area contributed by atoms with E-state index >= 15 is 0 Å². The van der Waals surface area contributed by atoms with Gasteiger partial charge in [0.05, 0.1) is 18.0 Å². The van der Waals surface area contributed by atoms with Crippen molar-refractivity contribution in [1.29, 1.82) is 5.26 Å². The summed E-state index contributed by atoms with van der Waals surface area (Å²) in [5.41, 5.74) is 0.363. The lowest BCUT2D eigenvalue weighted by Gasteiger charge is -2.39. The van der Waals surface area contributed by atoms with Gasteiger partial charge in [0.25, 0.3) is 0 Å². The molecule has 0 spiro atoms. The lowest BCUT2D eigenvalue weighted by Crippen LogP contribution is -2.58. The Morgan fingerprint density at radius 3 is 2.53 bits per heavy atom. The summed E-state index contributed by atoms with van der Waals surface area (Å²) >= 11 is 0. The quantitative estimate of drug-likeness (QED) is 0.769. The third-order valence-corrected chi connectivity index (χ3v) is 3.06. The van der Waals surface area contributed by atoms with E-state index in [1.54, 1.807) is 4.90 Å². The van der Waals surface area contributed by atoms with Crippen molar-refractivity contribution in [3.8, 4) is 6.07 Å². The van der Waals surface area contributed by atoms with E-state index in [0.717, 1.165) is 13.1 Å². The maximum atomic E-state index is 12.2. The van der Waals surface area contributed by atoms with E-state index in [1.165, 1.54) is 12.4 Å². The van der Waals surface area contributed by atoms with Crippen LogP contribution in [0.2, 0.25) is 0 Å². The van der Waals surface area contributed by atoms with E-state index in [4.69, 9.17) is 5.26 Å². The molecular formula is C12H16N6O. The van der Waals surface area contributed by atoms with Crippen molar-refractivity contribution in [3.63, 3.8) is 0 Å². The Labute approximate surface area is 111 Å². The number of carbonyl (C=O) groups excluding carboxylic acids is 1. The van der Waals surface area contributed by atoms with Gasteiger partial charge in [0.15, 0.2) is 0 Å². The van der Waals surface area contributed by atoms with Crippen LogP contribution >= 0.6 is 0 Å². The summed E-state index contributed by atoms with van der Waals surface area (Å²) in [6.45, 7) is 5.52. The third kappa shape index (κ3) is 2.98. The number of anilines is 1. The van der Waals surface area contributed by atoms with Crippen LogP contribution in [0.4, 0.5) is 10.7 Å². The van der Waals surface area contributed by atoms with Gasteiger partial charge in [0, 0.05) is 25.2 Å². The molecule has 1 aliphatic heterocycles. The molecule has 2 N–H and O–H groups in total. The smallest absolute Gasteiger partial charge is 0.316 e. The highest BCUT2D eigenvalue weighted by molar-refractivity contribution is 5.88. The molecule has 2 atom stereocenters. The predicted molar refractivity (Wildman–Crippen MR) is 69.4 cm³/mol. The number of hydrogen-bond acceptors (Lipinski definition) is 5. The molecule has 1 aliphatic rings. The summed E-state index contributed by atoms with van der Waals surface area (Å²) in [5, 5.41) is 14.6. The average molecular weight is 260 g/mol. The van der Waals surface area contributed by atoms with Crippen LogP contribution in [0.15, 0.2) is 12.4 Å². The Hall–Kier alpha value is -2.20. The molecular weight excluding hydrogens is 244 g/mol. The predicted octanol–water partition coefficient (Wildman–Crippen LogP) is 0.562. The highest BCUT2D eigenvalue weighted by Crippen LogP contribution is 2.11. The van der Waals surface area contributed by atoms with Crippen molar-refractivity contribution in [2.24, 2.45) is 0 Å². The fourth-order valence-corrected chi connectivity index (χ4v) is 2.14. The molecule has 0 saturated carbocycles. The van der Waals surface area contributed by atoms with E-state index < -0.39 is 0 Å². The van der Waals surface area contributed by atoms with Crippen molar-refractivity contribution < 1.29 is 4.79 Å². The second kappa shape index (κ2) is 5.63. The van der Waals surface area contributed by atoms with E-state index in [1.807, 2.05) is 19.9 Å². The lowest BCUT2D eigenvalue weighted by molar-refractivity contribution is 0.143. The van der Waals surface area contributed by atoms with Gasteiger partial charge in [-0.1, -0.05) is 0 Å². The van der Waals surface area contributed by atoms with E-state index in [9.17, 15) is 4.79 Å². The highest BCUT2D eigenvalue weighted by Gasteiger charge is 2.29. The number of rotatable bonds is 1. The first kappa shape index (κ1) is 13.2. The van der Waals surface area contributed by atoms with Crippen LogP contribution in [0.25, 0.3) is 0 Å². The minimum atomic E-state index is -0.216. The average Bonchev–Trinajstić information content (AvgIpc) is 2.39. The molecule has 1 aromatic rings. The number of nitrogens with one attached hydrogen (secondary N) is 2. The van der Waals surface area contributed by atoms with E-state index in [2.05, 4.69) is 20.6 Å². The zero-order valence-electron chi connectivity index (χ0n) is 10.9. The number of nitrogens with zero attached hydrogens (tertiary/aromatic N) is 4. The van der Waals surface area contributed by atoms with Crippen LogP contribution in [-0.2, 0) is 0 Å². The monoisotopic (exact) mass is 260 g/mol. The van der Waals surface area contributed by atoms with Crippen molar-refractivity contribution in [1.82, 2.24) is 20.2 Å². The van der Waals surface area contributed by atoms with Crippen molar-refractivity contribution in [2.75, 3.05) is 18.4 Å². The van der Waals surface area contributed by atoms with Crippen LogP contribution in [-0.4, -0.2) is 46.1 Å². The first-order valence-corrected chi connectivity index (χ1v) is 6.14. The molecule has 1 aromatic heterocycles. The number of nitriles is 1. The first-order valence-electron chi connectivity index (χ1n) is 6.14. The maximum absolute atomic E-state index is 12.2. The lowest BCUT2D eigenvalue weighted by atomic mass is 10.1. The Morgan fingerprint density at radius 1 is 1.42 bits per heavy atom. The number of piperazine rings is 1. The third-order valence-electron chi connectivity index (χ3n) is 3.06. The van der Waals surface area contributed by atoms with Gasteiger partial charge in [-0.25, -0.2) is 14.8 Å². The number of hydrogen-bond donors (Lipinski definition) is 2. The minimum Gasteiger partial charge on any atom is -0.316 e. The standard InChI is InChI=1S/C12H16N6O/c1-8-4-14-5-9(2)18(8)12(19)17-11-15-6-10(3-13)7-16-11/h6-9,14H,4-5H2,1-2H3,(H,15,16,17,19). The van der Waals surface area contributed by atoms with Crippen LogP contribution in [0.5, 0.6) is 0 Å². The molecule has 2 amide bonds. The van der Waals surface area contributed by atoms with Gasteiger partial charge >= 0.3 is 6.03 Å². The van der Waals surface area contributed by atoms with Crippen molar-refractivity contribution in [2.45, 2.75) is 25.9 Å². The molecule has 1 fully saturated rings. The van der Waals surface area contributed by atoms with Gasteiger partial charge in [-0.3, -0.25) is 5.32 Å². The molecule has 19 heavy (non-hydrogen) atoms. The van der Waals surface area contributed by atoms with Gasteiger partial charge < -0.3 is 10.2 Å². The van der Waals surface area contributed by atoms with Crippen LogP contribution in [0.3, 0.4) is 0 Å². The van der Waals surface area contributed by atoms with Crippen molar-refractivity contribution >= 4 is 12.0 Å². The van der Waals surface area contributed by atoms with Gasteiger partial charge in [0.1, 0.15) is 6.07 Å². The molecule has 0 aliphatic carbocycles. The fraction of sp³-hybridized carbons (Fsp3) is 0.500. The van der Waals surface area contributed by atoms with E-state index in [0.29, 0.717) is 5.56 Å². The first-order chi connectivity index (χ1) is 9.11. The van der Waals surface area contributed by atoms with E-state index in [-0.39, 0.29) is 24.1 Å². The topological polar surface area (TPSA) is 93.9 Å². The molecule has 7 nitrogen and oxygen atoms in total. The molecule has 0 radical (unpaired) electrons. The van der Waals surface area contributed by atoms with Crippen LogP contribution < -0.4 is 10.6 Å². The Kier molecular flexibility index (Phi) is 3.92. The summed E-state index contributed by atoms with van der Waals surface area (Å²) in [4.78, 5) is 21.8. The second-order valence-electron chi connectivity index (χ2n) is 4.60. The van der Waals surface area contributed by atoms with Gasteiger partial charge in [0.2, 0.25) is 5.95 Å². The Bertz CT molecular complexity index is 484. The maximum Gasteiger partial charge on any atom is 0.324 e. The zero-order valence-corrected chi connectivity index (χ0v) is 10.9. The van der Waals surface area contributed by atoms with Gasteiger partial charge in [-0.15, -0.1) is 0 Å². The number of amides is 2. The fourth-order valence-electron chi connectivity index (χ4n) is 2.14. The Morgan fingerprint density at radius 2 is 2.00 bits per heavy atom. The van der Waals surface area contributed by atoms with Gasteiger partial charge in [-0.2, -0.15) is 5.26 Å². The number of carbonyl (C=O) groups is 1. The summed E-state index contributed by atoms with van der Waals surface area (Å²) in [6, 6.07) is 1.94. The number of urea groups is 1. The molecule has 0 bridgehead atoms. The summed E-state index contributed by atoms with van der Waals surface area (Å²) < 4.78 is 0. The van der Waals surface area contributed by atoms with Crippen LogP contribution in [0.1, 0.15) is 19.4 Å². The minimum absolute atomic E-state index is 0.113.